The number of anilines is 1. The Morgan fingerprint density at radius 2 is 1.91 bits per heavy atom. The summed E-state index contributed by atoms with van der Waals surface area (Å²) >= 11 is 0. The molecule has 0 atom stereocenters. The van der Waals surface area contributed by atoms with Crippen LogP contribution < -0.4 is 10.1 Å². The summed E-state index contributed by atoms with van der Waals surface area (Å²) in [5, 5.41) is 12.4. The Kier molecular flexibility index (Phi) is 3.89. The molecule has 0 spiro atoms. The molecule has 0 aliphatic heterocycles. The Balaban J connectivity index is 1.84. The van der Waals surface area contributed by atoms with Gasteiger partial charge < -0.3 is 10.1 Å². The lowest BCUT2D eigenvalue weighted by molar-refractivity contribution is 0.102. The Hall–Kier alpha value is -3.39. The van der Waals surface area contributed by atoms with Gasteiger partial charge in [0.25, 0.3) is 5.91 Å². The Labute approximate surface area is 133 Å². The number of nitriles is 1. The molecule has 5 nitrogen and oxygen atoms in total. The van der Waals surface area contributed by atoms with Gasteiger partial charge >= 0.3 is 0 Å². The van der Waals surface area contributed by atoms with Crippen molar-refractivity contribution in [3.05, 3.63) is 65.9 Å². The molecule has 1 N–H and O–H groups in total. The lowest BCUT2D eigenvalue weighted by Gasteiger charge is -2.06. The summed E-state index contributed by atoms with van der Waals surface area (Å²) in [7, 11) is 1.61. The summed E-state index contributed by atoms with van der Waals surface area (Å²) in [5.41, 5.74) is 2.21. The van der Waals surface area contributed by atoms with Crippen LogP contribution in [-0.2, 0) is 0 Å². The van der Waals surface area contributed by atoms with Gasteiger partial charge in [-0.3, -0.25) is 4.79 Å². The Morgan fingerprint density at radius 1 is 1.13 bits per heavy atom. The molecule has 0 aliphatic rings. The number of hydrogen-bond donors (Lipinski definition) is 1. The highest BCUT2D eigenvalue weighted by Crippen LogP contribution is 2.20. The zero-order chi connectivity index (χ0) is 16.2. The first-order chi connectivity index (χ1) is 11.2. The topological polar surface area (TPSA) is 75.0 Å². The van der Waals surface area contributed by atoms with E-state index < -0.39 is 0 Å². The highest BCUT2D eigenvalue weighted by molar-refractivity contribution is 6.04. The molecule has 0 saturated carbocycles. The van der Waals surface area contributed by atoms with E-state index in [0.717, 1.165) is 16.7 Å². The summed E-state index contributed by atoms with van der Waals surface area (Å²) < 4.78 is 5.17. The van der Waals surface area contributed by atoms with Crippen molar-refractivity contribution in [1.82, 2.24) is 4.98 Å². The van der Waals surface area contributed by atoms with Gasteiger partial charge in [0.15, 0.2) is 0 Å². The highest BCUT2D eigenvalue weighted by atomic mass is 16.5. The second-order valence-corrected chi connectivity index (χ2v) is 4.90. The maximum absolute atomic E-state index is 12.3. The van der Waals surface area contributed by atoms with Crippen LogP contribution in [0.25, 0.3) is 10.9 Å². The predicted octanol–water partition coefficient (Wildman–Crippen LogP) is 3.37. The number of methoxy groups -OCH3 is 1. The van der Waals surface area contributed by atoms with Crippen LogP contribution in [0, 0.1) is 11.3 Å². The summed E-state index contributed by atoms with van der Waals surface area (Å²) in [6.45, 7) is 0. The fraction of sp³-hybridized carbons (Fsp3) is 0.0556. The number of benzene rings is 2. The van der Waals surface area contributed by atoms with Crippen LogP contribution >= 0.6 is 0 Å². The van der Waals surface area contributed by atoms with Crippen molar-refractivity contribution in [2.45, 2.75) is 0 Å². The van der Waals surface area contributed by atoms with Crippen LogP contribution in [-0.4, -0.2) is 18.0 Å². The number of aromatic nitrogens is 1. The molecule has 0 unspecified atom stereocenters. The van der Waals surface area contributed by atoms with E-state index in [1.807, 2.05) is 24.3 Å². The average Bonchev–Trinajstić information content (AvgIpc) is 2.61. The van der Waals surface area contributed by atoms with E-state index in [-0.39, 0.29) is 5.91 Å². The number of amides is 1. The minimum atomic E-state index is -0.299. The van der Waals surface area contributed by atoms with E-state index in [0.29, 0.717) is 16.9 Å². The molecule has 3 rings (SSSR count). The molecular weight excluding hydrogens is 290 g/mol. The first-order valence-corrected chi connectivity index (χ1v) is 6.96. The van der Waals surface area contributed by atoms with Crippen LogP contribution in [0.3, 0.4) is 0 Å². The van der Waals surface area contributed by atoms with Gasteiger partial charge in [-0.1, -0.05) is 6.07 Å². The van der Waals surface area contributed by atoms with Crippen molar-refractivity contribution >= 4 is 22.5 Å². The third-order valence-electron chi connectivity index (χ3n) is 3.40. The van der Waals surface area contributed by atoms with Crippen molar-refractivity contribution in [2.75, 3.05) is 12.4 Å². The second-order valence-electron chi connectivity index (χ2n) is 4.90. The van der Waals surface area contributed by atoms with E-state index in [2.05, 4.69) is 10.3 Å². The van der Waals surface area contributed by atoms with Crippen LogP contribution in [0.1, 0.15) is 16.1 Å². The third kappa shape index (κ3) is 3.11. The number of carbonyl (C=O) groups excluding carboxylic acids is 1. The summed E-state index contributed by atoms with van der Waals surface area (Å²) in [6.07, 6.45) is 0. The van der Waals surface area contributed by atoms with Crippen molar-refractivity contribution < 1.29 is 9.53 Å². The monoisotopic (exact) mass is 303 g/mol. The molecule has 5 heteroatoms. The molecule has 2 aromatic carbocycles. The van der Waals surface area contributed by atoms with E-state index >= 15 is 0 Å². The van der Waals surface area contributed by atoms with Crippen molar-refractivity contribution in [3.63, 3.8) is 0 Å². The van der Waals surface area contributed by atoms with Gasteiger partial charge in [0.2, 0.25) is 0 Å². The standard InChI is InChI=1S/C18H13N3O2/c1-23-15-7-9-16-13(10-15)4-8-17(21-16)18(22)20-14-5-2-12(11-19)3-6-14/h2-10H,1H3,(H,20,22). The fourth-order valence-corrected chi connectivity index (χ4v) is 2.18. The van der Waals surface area contributed by atoms with Gasteiger partial charge in [0.05, 0.1) is 24.3 Å². The number of ether oxygens (including phenoxy) is 1. The molecule has 0 bridgehead atoms. The molecule has 1 heterocycles. The molecule has 1 aromatic heterocycles. The van der Waals surface area contributed by atoms with Gasteiger partial charge in [-0.15, -0.1) is 0 Å². The SMILES string of the molecule is COc1ccc2nc(C(=O)Nc3ccc(C#N)cc3)ccc2c1. The molecule has 112 valence electrons. The average molecular weight is 303 g/mol. The number of nitrogens with zero attached hydrogens (tertiary/aromatic N) is 2. The van der Waals surface area contributed by atoms with Gasteiger partial charge in [-0.2, -0.15) is 5.26 Å². The minimum Gasteiger partial charge on any atom is -0.497 e. The smallest absolute Gasteiger partial charge is 0.274 e. The summed E-state index contributed by atoms with van der Waals surface area (Å²) in [4.78, 5) is 16.6. The first kappa shape index (κ1) is 14.5. The van der Waals surface area contributed by atoms with E-state index in [1.54, 1.807) is 43.5 Å². The Morgan fingerprint density at radius 3 is 2.61 bits per heavy atom. The zero-order valence-corrected chi connectivity index (χ0v) is 12.4. The maximum Gasteiger partial charge on any atom is 0.274 e. The molecule has 0 fully saturated rings. The zero-order valence-electron chi connectivity index (χ0n) is 12.4. The molecular formula is C18H13N3O2. The maximum atomic E-state index is 12.3. The summed E-state index contributed by atoms with van der Waals surface area (Å²) in [6, 6.07) is 17.7. The van der Waals surface area contributed by atoms with Crippen LogP contribution in [0.5, 0.6) is 5.75 Å². The number of fused-ring (bicyclic) bond motifs is 1. The highest BCUT2D eigenvalue weighted by Gasteiger charge is 2.09. The molecule has 0 saturated heterocycles. The van der Waals surface area contributed by atoms with E-state index in [4.69, 9.17) is 10.00 Å². The van der Waals surface area contributed by atoms with E-state index in [1.165, 1.54) is 0 Å². The van der Waals surface area contributed by atoms with Gasteiger partial charge in [0.1, 0.15) is 11.4 Å². The minimum absolute atomic E-state index is 0.299. The normalized spacial score (nSPS) is 10.1. The van der Waals surface area contributed by atoms with E-state index in [9.17, 15) is 4.79 Å². The first-order valence-electron chi connectivity index (χ1n) is 6.96. The van der Waals surface area contributed by atoms with Crippen LogP contribution in [0.15, 0.2) is 54.6 Å². The predicted molar refractivity (Wildman–Crippen MR) is 87.4 cm³/mol. The van der Waals surface area contributed by atoms with Crippen LogP contribution in [0.2, 0.25) is 0 Å². The third-order valence-corrected chi connectivity index (χ3v) is 3.40. The van der Waals surface area contributed by atoms with Gasteiger partial charge in [-0.05, 0) is 48.5 Å². The lowest BCUT2D eigenvalue weighted by Crippen LogP contribution is -2.13. The molecule has 0 radical (unpaired) electrons. The number of pyridine rings is 1. The van der Waals surface area contributed by atoms with Gasteiger partial charge in [0, 0.05) is 11.1 Å². The van der Waals surface area contributed by atoms with Crippen LogP contribution in [0.4, 0.5) is 5.69 Å². The van der Waals surface area contributed by atoms with Crippen molar-refractivity contribution in [3.8, 4) is 11.8 Å². The summed E-state index contributed by atoms with van der Waals surface area (Å²) in [5.74, 6) is 0.446. The number of nitrogens with one attached hydrogen (secondary N) is 1. The number of carbonyl (C=O) groups is 1. The number of hydrogen-bond acceptors (Lipinski definition) is 4. The molecule has 3 aromatic rings. The second kappa shape index (κ2) is 6.16. The van der Waals surface area contributed by atoms with Crippen molar-refractivity contribution in [1.29, 1.82) is 5.26 Å². The quantitative estimate of drug-likeness (QED) is 0.805. The molecule has 0 aliphatic carbocycles. The molecule has 23 heavy (non-hydrogen) atoms. The largest absolute Gasteiger partial charge is 0.497 e. The lowest BCUT2D eigenvalue weighted by atomic mass is 10.2. The van der Waals surface area contributed by atoms with Gasteiger partial charge in [-0.25, -0.2) is 4.98 Å². The Bertz CT molecular complexity index is 912. The fourth-order valence-electron chi connectivity index (χ4n) is 2.18. The number of rotatable bonds is 3. The van der Waals surface area contributed by atoms with Crippen molar-refractivity contribution in [2.24, 2.45) is 0 Å². The molecule has 1 amide bonds.